The lowest BCUT2D eigenvalue weighted by molar-refractivity contribution is 0.601. The van der Waals surface area contributed by atoms with E-state index in [1.54, 1.807) is 12.1 Å². The summed E-state index contributed by atoms with van der Waals surface area (Å²) in [4.78, 5) is 3.86. The number of sulfonamides is 1. The predicted octanol–water partition coefficient (Wildman–Crippen LogP) is 3.10. The first-order valence-electron chi connectivity index (χ1n) is 5.75. The molecule has 0 bridgehead atoms. The van der Waals surface area contributed by atoms with Crippen molar-refractivity contribution in [3.8, 4) is 0 Å². The van der Waals surface area contributed by atoms with E-state index in [0.717, 1.165) is 12.0 Å². The molecule has 100 valence electrons. The van der Waals surface area contributed by atoms with Crippen LogP contribution in [0.4, 0.5) is 5.69 Å². The molecule has 0 aliphatic carbocycles. The number of benzene rings is 1. The number of nitrogens with one attached hydrogen (secondary N) is 1. The van der Waals surface area contributed by atoms with Gasteiger partial charge in [-0.05, 0) is 30.2 Å². The lowest BCUT2D eigenvalue weighted by Crippen LogP contribution is -2.14. The van der Waals surface area contributed by atoms with E-state index in [1.165, 1.54) is 18.3 Å². The summed E-state index contributed by atoms with van der Waals surface area (Å²) in [6.45, 7) is 1.97. The van der Waals surface area contributed by atoms with Crippen molar-refractivity contribution in [2.75, 3.05) is 4.72 Å². The highest BCUT2D eigenvalue weighted by atomic mass is 35.5. The second kappa shape index (κ2) is 5.59. The van der Waals surface area contributed by atoms with E-state index in [9.17, 15) is 8.42 Å². The summed E-state index contributed by atoms with van der Waals surface area (Å²) in [5, 5.41) is 0.257. The Morgan fingerprint density at radius 1 is 1.21 bits per heavy atom. The van der Waals surface area contributed by atoms with Crippen LogP contribution in [-0.2, 0) is 16.4 Å². The number of para-hydroxylation sites is 1. The van der Waals surface area contributed by atoms with E-state index in [1.807, 2.05) is 19.1 Å². The van der Waals surface area contributed by atoms with Gasteiger partial charge in [0.15, 0.2) is 0 Å². The molecule has 1 N–H and O–H groups in total. The molecule has 0 unspecified atom stereocenters. The van der Waals surface area contributed by atoms with Gasteiger partial charge in [0.05, 0.1) is 5.69 Å². The van der Waals surface area contributed by atoms with Gasteiger partial charge < -0.3 is 0 Å². The first-order valence-corrected chi connectivity index (χ1v) is 7.61. The molecule has 6 heteroatoms. The average molecular weight is 297 g/mol. The summed E-state index contributed by atoms with van der Waals surface area (Å²) in [6.07, 6.45) is 1.98. The molecule has 0 fully saturated rings. The van der Waals surface area contributed by atoms with E-state index >= 15 is 0 Å². The van der Waals surface area contributed by atoms with Gasteiger partial charge in [0.1, 0.15) is 10.0 Å². The second-order valence-electron chi connectivity index (χ2n) is 3.93. The SMILES string of the molecule is CCc1ccccc1NS(=O)(=O)c1ccc(Cl)nc1. The van der Waals surface area contributed by atoms with Gasteiger partial charge in [-0.1, -0.05) is 36.7 Å². The highest BCUT2D eigenvalue weighted by Gasteiger charge is 2.15. The van der Waals surface area contributed by atoms with Gasteiger partial charge in [0.2, 0.25) is 0 Å². The highest BCUT2D eigenvalue weighted by molar-refractivity contribution is 7.92. The number of hydrogen-bond acceptors (Lipinski definition) is 3. The molecule has 1 aromatic heterocycles. The zero-order chi connectivity index (χ0) is 13.9. The molecule has 2 rings (SSSR count). The van der Waals surface area contributed by atoms with Crippen LogP contribution in [-0.4, -0.2) is 13.4 Å². The minimum absolute atomic E-state index is 0.0859. The second-order valence-corrected chi connectivity index (χ2v) is 6.00. The van der Waals surface area contributed by atoms with Gasteiger partial charge in [-0.15, -0.1) is 0 Å². The van der Waals surface area contributed by atoms with Crippen molar-refractivity contribution < 1.29 is 8.42 Å². The van der Waals surface area contributed by atoms with Gasteiger partial charge in [-0.25, -0.2) is 13.4 Å². The van der Waals surface area contributed by atoms with Crippen LogP contribution in [0.25, 0.3) is 0 Å². The Bertz CT molecular complexity index is 669. The van der Waals surface area contributed by atoms with E-state index in [4.69, 9.17) is 11.6 Å². The number of aromatic nitrogens is 1. The summed E-state index contributed by atoms with van der Waals surface area (Å²) < 4.78 is 26.9. The van der Waals surface area contributed by atoms with Gasteiger partial charge >= 0.3 is 0 Å². The van der Waals surface area contributed by atoms with Crippen LogP contribution in [0.5, 0.6) is 0 Å². The third-order valence-corrected chi connectivity index (χ3v) is 4.23. The van der Waals surface area contributed by atoms with Crippen LogP contribution in [0.15, 0.2) is 47.5 Å². The molecule has 4 nitrogen and oxygen atoms in total. The lowest BCUT2D eigenvalue weighted by atomic mass is 10.1. The molecular formula is C13H13ClN2O2S. The van der Waals surface area contributed by atoms with Crippen molar-refractivity contribution in [1.82, 2.24) is 4.98 Å². The van der Waals surface area contributed by atoms with Gasteiger partial charge in [0.25, 0.3) is 10.0 Å². The summed E-state index contributed by atoms with van der Waals surface area (Å²) in [6, 6.07) is 10.2. The minimum Gasteiger partial charge on any atom is -0.279 e. The van der Waals surface area contributed by atoms with Gasteiger partial charge in [0, 0.05) is 6.20 Å². The smallest absolute Gasteiger partial charge is 0.263 e. The zero-order valence-electron chi connectivity index (χ0n) is 10.3. The quantitative estimate of drug-likeness (QED) is 0.882. The number of pyridine rings is 1. The standard InChI is InChI=1S/C13H13ClN2O2S/c1-2-10-5-3-4-6-12(10)16-19(17,18)11-7-8-13(14)15-9-11/h3-9,16H,2H2,1H3. The molecule has 0 saturated carbocycles. The largest absolute Gasteiger partial charge is 0.279 e. The average Bonchev–Trinajstić information content (AvgIpc) is 2.39. The van der Waals surface area contributed by atoms with Crippen LogP contribution >= 0.6 is 11.6 Å². The number of nitrogens with zero attached hydrogens (tertiary/aromatic N) is 1. The maximum atomic E-state index is 12.2. The summed E-state index contributed by atoms with van der Waals surface area (Å²) in [5.41, 5.74) is 1.52. The number of halogens is 1. The molecule has 2 aromatic rings. The van der Waals surface area contributed by atoms with Crippen molar-refractivity contribution in [3.05, 3.63) is 53.3 Å². The van der Waals surface area contributed by atoms with Crippen LogP contribution in [0, 0.1) is 0 Å². The highest BCUT2D eigenvalue weighted by Crippen LogP contribution is 2.20. The molecule has 1 heterocycles. The van der Waals surface area contributed by atoms with E-state index in [-0.39, 0.29) is 10.0 Å². The van der Waals surface area contributed by atoms with Crippen molar-refractivity contribution in [2.24, 2.45) is 0 Å². The lowest BCUT2D eigenvalue weighted by Gasteiger charge is -2.11. The molecule has 0 amide bonds. The minimum atomic E-state index is -3.63. The van der Waals surface area contributed by atoms with Crippen LogP contribution in [0.2, 0.25) is 5.15 Å². The summed E-state index contributed by atoms with van der Waals surface area (Å²) in [7, 11) is -3.63. The predicted molar refractivity (Wildman–Crippen MR) is 75.9 cm³/mol. The molecule has 0 aliphatic heterocycles. The number of aryl methyl sites for hydroxylation is 1. The molecule has 0 saturated heterocycles. The zero-order valence-corrected chi connectivity index (χ0v) is 11.9. The number of anilines is 1. The fraction of sp³-hybridized carbons (Fsp3) is 0.154. The maximum absolute atomic E-state index is 12.2. The Hall–Kier alpha value is -1.59. The van der Waals surface area contributed by atoms with Crippen molar-refractivity contribution in [3.63, 3.8) is 0 Å². The first kappa shape index (κ1) is 13.8. The Balaban J connectivity index is 2.34. The summed E-state index contributed by atoms with van der Waals surface area (Å²) >= 11 is 5.64. The normalized spacial score (nSPS) is 11.3. The maximum Gasteiger partial charge on any atom is 0.263 e. The molecular weight excluding hydrogens is 284 g/mol. The Morgan fingerprint density at radius 2 is 1.95 bits per heavy atom. The van der Waals surface area contributed by atoms with E-state index in [0.29, 0.717) is 5.69 Å². The molecule has 0 spiro atoms. The Kier molecular flexibility index (Phi) is 4.07. The number of rotatable bonds is 4. The van der Waals surface area contributed by atoms with Gasteiger partial charge in [-0.2, -0.15) is 0 Å². The fourth-order valence-electron chi connectivity index (χ4n) is 1.65. The molecule has 19 heavy (non-hydrogen) atoms. The molecule has 0 atom stereocenters. The van der Waals surface area contributed by atoms with Crippen LogP contribution in [0.3, 0.4) is 0 Å². The third kappa shape index (κ3) is 3.24. The third-order valence-electron chi connectivity index (χ3n) is 2.65. The van der Waals surface area contributed by atoms with Crippen molar-refractivity contribution in [2.45, 2.75) is 18.2 Å². The molecule has 0 radical (unpaired) electrons. The van der Waals surface area contributed by atoms with Crippen LogP contribution < -0.4 is 4.72 Å². The van der Waals surface area contributed by atoms with Crippen LogP contribution in [0.1, 0.15) is 12.5 Å². The Morgan fingerprint density at radius 3 is 2.58 bits per heavy atom. The molecule has 1 aromatic carbocycles. The fourth-order valence-corrected chi connectivity index (χ4v) is 2.81. The topological polar surface area (TPSA) is 59.1 Å². The molecule has 0 aliphatic rings. The monoisotopic (exact) mass is 296 g/mol. The van der Waals surface area contributed by atoms with E-state index < -0.39 is 10.0 Å². The first-order chi connectivity index (χ1) is 9.03. The van der Waals surface area contributed by atoms with Crippen molar-refractivity contribution >= 4 is 27.3 Å². The Labute approximate surface area is 117 Å². The number of hydrogen-bond donors (Lipinski definition) is 1. The summed E-state index contributed by atoms with van der Waals surface area (Å²) in [5.74, 6) is 0. The van der Waals surface area contributed by atoms with Crippen molar-refractivity contribution in [1.29, 1.82) is 0 Å². The van der Waals surface area contributed by atoms with E-state index in [2.05, 4.69) is 9.71 Å². The van der Waals surface area contributed by atoms with Gasteiger partial charge in [-0.3, -0.25) is 4.72 Å².